The van der Waals surface area contributed by atoms with Gasteiger partial charge in [-0.2, -0.15) is 0 Å². The van der Waals surface area contributed by atoms with Gasteiger partial charge in [0.15, 0.2) is 0 Å². The van der Waals surface area contributed by atoms with Gasteiger partial charge in [-0.25, -0.2) is 0 Å². The van der Waals surface area contributed by atoms with Crippen LogP contribution >= 0.6 is 0 Å². The van der Waals surface area contributed by atoms with Crippen LogP contribution in [0.4, 0.5) is 0 Å². The molecule has 0 aromatic rings. The van der Waals surface area contributed by atoms with Gasteiger partial charge in [-0.15, -0.1) is 0 Å². The summed E-state index contributed by atoms with van der Waals surface area (Å²) in [5, 5.41) is 0. The first-order valence-electron chi connectivity index (χ1n) is 8.30. The molecule has 2 rings (SSSR count). The predicted octanol–water partition coefficient (Wildman–Crippen LogP) is 1.87. The van der Waals surface area contributed by atoms with Crippen molar-refractivity contribution in [3.8, 4) is 0 Å². The zero-order valence-electron chi connectivity index (χ0n) is 12.9. The molecule has 1 unspecified atom stereocenters. The lowest BCUT2D eigenvalue weighted by Gasteiger charge is -2.39. The van der Waals surface area contributed by atoms with Crippen LogP contribution in [0.5, 0.6) is 0 Å². The molecule has 2 aliphatic rings. The van der Waals surface area contributed by atoms with Crippen LogP contribution < -0.4 is 11.5 Å². The molecule has 0 aromatic carbocycles. The number of carbonyl (C=O) groups excluding carboxylic acids is 1. The molecule has 20 heavy (non-hydrogen) atoms. The van der Waals surface area contributed by atoms with Crippen molar-refractivity contribution in [2.24, 2.45) is 22.8 Å². The Bertz CT molecular complexity index is 316. The average molecular weight is 281 g/mol. The summed E-state index contributed by atoms with van der Waals surface area (Å²) in [6.07, 6.45) is 8.80. The molecule has 116 valence electrons. The molecule has 1 aliphatic heterocycles. The van der Waals surface area contributed by atoms with Crippen molar-refractivity contribution in [1.82, 2.24) is 4.90 Å². The minimum atomic E-state index is 0.0906. The number of hydrogen-bond donors (Lipinski definition) is 2. The van der Waals surface area contributed by atoms with E-state index in [1.807, 2.05) is 4.90 Å². The molecule has 1 saturated carbocycles. The van der Waals surface area contributed by atoms with Crippen LogP contribution in [0.25, 0.3) is 0 Å². The van der Waals surface area contributed by atoms with Crippen LogP contribution in [-0.4, -0.2) is 36.5 Å². The summed E-state index contributed by atoms with van der Waals surface area (Å²) in [6.45, 7) is 4.50. The molecule has 0 radical (unpaired) electrons. The van der Waals surface area contributed by atoms with E-state index in [0.717, 1.165) is 38.8 Å². The standard InChI is InChI=1S/C16H31N3O/c1-13(18)14-5-9-19(10-6-14)15(20)11-16(12-17)7-3-2-4-8-16/h13-14H,2-12,17-18H2,1H3. The topological polar surface area (TPSA) is 72.3 Å². The molecular weight excluding hydrogens is 250 g/mol. The number of hydrogen-bond acceptors (Lipinski definition) is 3. The van der Waals surface area contributed by atoms with Crippen molar-refractivity contribution in [3.05, 3.63) is 0 Å². The van der Waals surface area contributed by atoms with E-state index in [1.54, 1.807) is 0 Å². The first kappa shape index (κ1) is 15.8. The van der Waals surface area contributed by atoms with Crippen LogP contribution in [0.15, 0.2) is 0 Å². The fourth-order valence-corrected chi connectivity index (χ4v) is 3.86. The highest BCUT2D eigenvalue weighted by atomic mass is 16.2. The van der Waals surface area contributed by atoms with Gasteiger partial charge in [-0.3, -0.25) is 4.79 Å². The smallest absolute Gasteiger partial charge is 0.223 e. The van der Waals surface area contributed by atoms with E-state index >= 15 is 0 Å². The third-order valence-corrected chi connectivity index (χ3v) is 5.51. The van der Waals surface area contributed by atoms with Crippen LogP contribution in [0, 0.1) is 11.3 Å². The van der Waals surface area contributed by atoms with Gasteiger partial charge in [0.25, 0.3) is 0 Å². The fraction of sp³-hybridized carbons (Fsp3) is 0.938. The molecule has 0 aromatic heterocycles. The molecule has 2 fully saturated rings. The normalized spacial score (nSPS) is 25.4. The molecule has 1 amide bonds. The van der Waals surface area contributed by atoms with Crippen LogP contribution in [-0.2, 0) is 4.79 Å². The Labute approximate surface area is 123 Å². The summed E-state index contributed by atoms with van der Waals surface area (Å²) >= 11 is 0. The Balaban J connectivity index is 1.85. The van der Waals surface area contributed by atoms with Gasteiger partial charge in [-0.1, -0.05) is 19.3 Å². The van der Waals surface area contributed by atoms with E-state index in [4.69, 9.17) is 11.5 Å². The van der Waals surface area contributed by atoms with E-state index in [2.05, 4.69) is 6.92 Å². The lowest BCUT2D eigenvalue weighted by molar-refractivity contribution is -0.135. The molecule has 0 bridgehead atoms. The molecule has 0 spiro atoms. The monoisotopic (exact) mass is 281 g/mol. The van der Waals surface area contributed by atoms with Gasteiger partial charge in [-0.05, 0) is 50.5 Å². The van der Waals surface area contributed by atoms with Crippen molar-refractivity contribution in [3.63, 3.8) is 0 Å². The van der Waals surface area contributed by atoms with Crippen molar-refractivity contribution >= 4 is 5.91 Å². The van der Waals surface area contributed by atoms with Crippen molar-refractivity contribution < 1.29 is 4.79 Å². The summed E-state index contributed by atoms with van der Waals surface area (Å²) in [5.74, 6) is 0.901. The molecule has 1 aliphatic carbocycles. The molecule has 1 heterocycles. The second-order valence-corrected chi connectivity index (χ2v) is 7.02. The molecule has 1 saturated heterocycles. The maximum Gasteiger partial charge on any atom is 0.223 e. The van der Waals surface area contributed by atoms with Gasteiger partial charge in [0.1, 0.15) is 0 Å². The Kier molecular flexibility index (Phi) is 5.44. The highest BCUT2D eigenvalue weighted by Crippen LogP contribution is 2.39. The summed E-state index contributed by atoms with van der Waals surface area (Å²) in [4.78, 5) is 14.6. The van der Waals surface area contributed by atoms with Crippen molar-refractivity contribution in [1.29, 1.82) is 0 Å². The summed E-state index contributed by atoms with van der Waals surface area (Å²) in [7, 11) is 0. The van der Waals surface area contributed by atoms with Gasteiger partial charge in [0.05, 0.1) is 0 Å². The number of rotatable bonds is 4. The minimum Gasteiger partial charge on any atom is -0.343 e. The highest BCUT2D eigenvalue weighted by Gasteiger charge is 2.35. The number of carbonyl (C=O) groups is 1. The fourth-order valence-electron chi connectivity index (χ4n) is 3.86. The third kappa shape index (κ3) is 3.73. The number of nitrogens with zero attached hydrogens (tertiary/aromatic N) is 1. The van der Waals surface area contributed by atoms with Gasteiger partial charge in [0.2, 0.25) is 5.91 Å². The molecule has 4 N–H and O–H groups in total. The highest BCUT2D eigenvalue weighted by molar-refractivity contribution is 5.77. The number of piperidine rings is 1. The lowest BCUT2D eigenvalue weighted by Crippen LogP contribution is -2.45. The zero-order chi connectivity index (χ0) is 14.6. The minimum absolute atomic E-state index is 0.0906. The first-order chi connectivity index (χ1) is 9.56. The molecular formula is C16H31N3O. The lowest BCUT2D eigenvalue weighted by atomic mass is 9.71. The zero-order valence-corrected chi connectivity index (χ0v) is 12.9. The first-order valence-corrected chi connectivity index (χ1v) is 8.30. The van der Waals surface area contributed by atoms with E-state index in [0.29, 0.717) is 24.8 Å². The number of likely N-dealkylation sites (tertiary alicyclic amines) is 1. The average Bonchev–Trinajstić information content (AvgIpc) is 2.48. The van der Waals surface area contributed by atoms with Gasteiger partial charge in [0, 0.05) is 25.6 Å². The van der Waals surface area contributed by atoms with Gasteiger partial charge >= 0.3 is 0 Å². The van der Waals surface area contributed by atoms with E-state index in [-0.39, 0.29) is 11.5 Å². The number of amides is 1. The predicted molar refractivity (Wildman–Crippen MR) is 82.1 cm³/mol. The molecule has 1 atom stereocenters. The van der Waals surface area contributed by atoms with E-state index in [1.165, 1.54) is 19.3 Å². The SMILES string of the molecule is CC(N)C1CCN(C(=O)CC2(CN)CCCCC2)CC1. The quantitative estimate of drug-likeness (QED) is 0.826. The number of nitrogens with two attached hydrogens (primary N) is 2. The van der Waals surface area contributed by atoms with E-state index < -0.39 is 0 Å². The van der Waals surface area contributed by atoms with E-state index in [9.17, 15) is 4.79 Å². The third-order valence-electron chi connectivity index (χ3n) is 5.51. The second kappa shape index (κ2) is 6.90. The summed E-state index contributed by atoms with van der Waals surface area (Å²) in [5.41, 5.74) is 12.0. The van der Waals surface area contributed by atoms with Gasteiger partial charge < -0.3 is 16.4 Å². The Morgan fingerprint density at radius 2 is 1.85 bits per heavy atom. The van der Waals surface area contributed by atoms with Crippen LogP contribution in [0.1, 0.15) is 58.3 Å². The van der Waals surface area contributed by atoms with Crippen molar-refractivity contribution in [2.75, 3.05) is 19.6 Å². The molecule has 4 heteroatoms. The maximum absolute atomic E-state index is 12.5. The summed E-state index contributed by atoms with van der Waals surface area (Å²) < 4.78 is 0. The van der Waals surface area contributed by atoms with Crippen LogP contribution in [0.3, 0.4) is 0 Å². The largest absolute Gasteiger partial charge is 0.343 e. The molecule has 4 nitrogen and oxygen atoms in total. The van der Waals surface area contributed by atoms with Crippen molar-refractivity contribution in [2.45, 2.75) is 64.3 Å². The summed E-state index contributed by atoms with van der Waals surface area (Å²) in [6, 6.07) is 0.251. The Morgan fingerprint density at radius 3 is 2.35 bits per heavy atom. The maximum atomic E-state index is 12.5. The Morgan fingerprint density at radius 1 is 1.25 bits per heavy atom. The Hall–Kier alpha value is -0.610. The van der Waals surface area contributed by atoms with Crippen LogP contribution in [0.2, 0.25) is 0 Å². The second-order valence-electron chi connectivity index (χ2n) is 7.02.